The Balaban J connectivity index is 1.68. The van der Waals surface area contributed by atoms with Crippen molar-refractivity contribution in [3.8, 4) is 5.75 Å². The molecule has 0 aliphatic carbocycles. The van der Waals surface area contributed by atoms with Crippen molar-refractivity contribution in [2.24, 2.45) is 0 Å². The van der Waals surface area contributed by atoms with E-state index in [2.05, 4.69) is 33.5 Å². The molecule has 0 saturated carbocycles. The number of hydrogen-bond donors (Lipinski definition) is 2. The van der Waals surface area contributed by atoms with Crippen LogP contribution in [0.5, 0.6) is 5.75 Å². The summed E-state index contributed by atoms with van der Waals surface area (Å²) in [5, 5.41) is 6.45. The molecule has 3 aromatic rings. The number of methoxy groups -OCH3 is 1. The maximum atomic E-state index is 12.7. The Hall–Kier alpha value is -2.63. The van der Waals surface area contributed by atoms with Crippen molar-refractivity contribution in [1.29, 1.82) is 0 Å². The van der Waals surface area contributed by atoms with Crippen molar-refractivity contribution in [1.82, 2.24) is 10.6 Å². The highest BCUT2D eigenvalue weighted by molar-refractivity contribution is 9.10. The molecule has 0 aliphatic rings. The molecule has 4 nitrogen and oxygen atoms in total. The minimum absolute atomic E-state index is 0.0568. The van der Waals surface area contributed by atoms with Gasteiger partial charge in [-0.15, -0.1) is 0 Å². The SMILES string of the molecule is COc1ccc([C@@H](NC(=O)CN[C@H](C)c2ccc(Br)cc2)c2ccccc2)cc1. The van der Waals surface area contributed by atoms with Crippen LogP contribution in [0.15, 0.2) is 83.3 Å². The first-order valence-corrected chi connectivity index (χ1v) is 10.3. The number of ether oxygens (including phenoxy) is 1. The summed E-state index contributed by atoms with van der Waals surface area (Å²) in [5.41, 5.74) is 3.18. The summed E-state index contributed by atoms with van der Waals surface area (Å²) in [5.74, 6) is 0.732. The quantitative estimate of drug-likeness (QED) is 0.504. The number of carbonyl (C=O) groups excluding carboxylic acids is 1. The van der Waals surface area contributed by atoms with Gasteiger partial charge in [-0.2, -0.15) is 0 Å². The van der Waals surface area contributed by atoms with Gasteiger partial charge in [0.2, 0.25) is 5.91 Å². The van der Waals surface area contributed by atoms with Crippen LogP contribution in [0.1, 0.15) is 35.7 Å². The first kappa shape index (κ1) is 21.1. The fourth-order valence-corrected chi connectivity index (χ4v) is 3.39. The van der Waals surface area contributed by atoms with Crippen LogP contribution in [0.3, 0.4) is 0 Å². The zero-order valence-corrected chi connectivity index (χ0v) is 18.1. The molecule has 1 amide bonds. The molecule has 2 atom stereocenters. The lowest BCUT2D eigenvalue weighted by Gasteiger charge is -2.21. The number of nitrogens with one attached hydrogen (secondary N) is 2. The first-order valence-electron chi connectivity index (χ1n) is 9.54. The topological polar surface area (TPSA) is 50.4 Å². The van der Waals surface area contributed by atoms with Gasteiger partial charge in [0.05, 0.1) is 19.7 Å². The summed E-state index contributed by atoms with van der Waals surface area (Å²) in [7, 11) is 1.64. The molecule has 0 radical (unpaired) electrons. The predicted molar refractivity (Wildman–Crippen MR) is 120 cm³/mol. The number of amides is 1. The van der Waals surface area contributed by atoms with Gasteiger partial charge < -0.3 is 15.4 Å². The maximum absolute atomic E-state index is 12.7. The third-order valence-corrected chi connectivity index (χ3v) is 5.35. The lowest BCUT2D eigenvalue weighted by Crippen LogP contribution is -2.37. The molecular weight excluding hydrogens is 428 g/mol. The van der Waals surface area contributed by atoms with Gasteiger partial charge in [-0.3, -0.25) is 4.79 Å². The van der Waals surface area contributed by atoms with Gasteiger partial charge >= 0.3 is 0 Å². The van der Waals surface area contributed by atoms with E-state index in [4.69, 9.17) is 4.74 Å². The standard InChI is InChI=1S/C24H25BrN2O2/c1-17(18-8-12-21(25)13-9-18)26-16-23(28)27-24(19-6-4-3-5-7-19)20-10-14-22(29-2)15-11-20/h3-15,17,24,26H,16H2,1-2H3,(H,27,28)/t17-,24+/m1/s1. The molecule has 29 heavy (non-hydrogen) atoms. The van der Waals surface area contributed by atoms with Crippen molar-refractivity contribution in [3.63, 3.8) is 0 Å². The summed E-state index contributed by atoms with van der Waals surface area (Å²) in [6.07, 6.45) is 0. The highest BCUT2D eigenvalue weighted by Crippen LogP contribution is 2.24. The average Bonchev–Trinajstić information content (AvgIpc) is 2.77. The van der Waals surface area contributed by atoms with E-state index in [1.165, 1.54) is 0 Å². The van der Waals surface area contributed by atoms with Crippen LogP contribution < -0.4 is 15.4 Å². The predicted octanol–water partition coefficient (Wildman–Crippen LogP) is 5.01. The third kappa shape index (κ3) is 5.92. The molecule has 3 aromatic carbocycles. The second-order valence-corrected chi connectivity index (χ2v) is 7.75. The van der Waals surface area contributed by atoms with Gasteiger partial charge in [0.1, 0.15) is 5.75 Å². The van der Waals surface area contributed by atoms with Crippen molar-refractivity contribution in [2.75, 3.05) is 13.7 Å². The second-order valence-electron chi connectivity index (χ2n) is 6.84. The van der Waals surface area contributed by atoms with Crippen molar-refractivity contribution < 1.29 is 9.53 Å². The van der Waals surface area contributed by atoms with Crippen molar-refractivity contribution in [3.05, 3.63) is 100 Å². The van der Waals surface area contributed by atoms with E-state index < -0.39 is 0 Å². The van der Waals surface area contributed by atoms with Gasteiger partial charge in [-0.05, 0) is 47.9 Å². The van der Waals surface area contributed by atoms with E-state index in [0.717, 1.165) is 26.9 Å². The highest BCUT2D eigenvalue weighted by Gasteiger charge is 2.17. The van der Waals surface area contributed by atoms with Crippen molar-refractivity contribution >= 4 is 21.8 Å². The number of rotatable bonds is 8. The van der Waals surface area contributed by atoms with Gasteiger partial charge in [0.25, 0.3) is 0 Å². The van der Waals surface area contributed by atoms with Crippen LogP contribution in [0.4, 0.5) is 0 Å². The Labute approximate surface area is 180 Å². The Morgan fingerprint density at radius 1 is 0.897 bits per heavy atom. The Morgan fingerprint density at radius 3 is 2.10 bits per heavy atom. The number of hydrogen-bond acceptors (Lipinski definition) is 3. The van der Waals surface area contributed by atoms with Crippen molar-refractivity contribution in [2.45, 2.75) is 19.0 Å². The molecule has 0 unspecified atom stereocenters. The number of carbonyl (C=O) groups is 1. The molecule has 0 aliphatic heterocycles. The smallest absolute Gasteiger partial charge is 0.234 e. The third-order valence-electron chi connectivity index (χ3n) is 4.83. The fraction of sp³-hybridized carbons (Fsp3) is 0.208. The molecule has 0 saturated heterocycles. The van der Waals surface area contributed by atoms with E-state index in [0.29, 0.717) is 0 Å². The molecule has 0 bridgehead atoms. The minimum Gasteiger partial charge on any atom is -0.497 e. The van der Waals surface area contributed by atoms with E-state index in [9.17, 15) is 4.79 Å². The zero-order valence-electron chi connectivity index (χ0n) is 16.6. The first-order chi connectivity index (χ1) is 14.1. The molecule has 3 rings (SSSR count). The van der Waals surface area contributed by atoms with Crippen LogP contribution in [0.25, 0.3) is 0 Å². The Bertz CT molecular complexity index is 912. The van der Waals surface area contributed by atoms with Gasteiger partial charge in [0, 0.05) is 10.5 Å². The van der Waals surface area contributed by atoms with E-state index in [1.54, 1.807) is 7.11 Å². The summed E-state index contributed by atoms with van der Waals surface area (Å²) >= 11 is 3.44. The van der Waals surface area contributed by atoms with Gasteiger partial charge in [0.15, 0.2) is 0 Å². The Morgan fingerprint density at radius 2 is 1.48 bits per heavy atom. The van der Waals surface area contributed by atoms with E-state index >= 15 is 0 Å². The fourth-order valence-electron chi connectivity index (χ4n) is 3.13. The van der Waals surface area contributed by atoms with Gasteiger partial charge in [-0.1, -0.05) is 70.5 Å². The highest BCUT2D eigenvalue weighted by atomic mass is 79.9. The Kier molecular flexibility index (Phi) is 7.44. The normalized spacial score (nSPS) is 12.8. The molecule has 150 valence electrons. The number of halogens is 1. The van der Waals surface area contributed by atoms with Crippen LogP contribution in [-0.4, -0.2) is 19.6 Å². The summed E-state index contributed by atoms with van der Waals surface area (Å²) in [6, 6.07) is 25.7. The average molecular weight is 453 g/mol. The molecule has 0 spiro atoms. The van der Waals surface area contributed by atoms with E-state index in [1.807, 2.05) is 78.9 Å². The molecular formula is C24H25BrN2O2. The molecule has 2 N–H and O–H groups in total. The monoisotopic (exact) mass is 452 g/mol. The lowest BCUT2D eigenvalue weighted by atomic mass is 9.98. The summed E-state index contributed by atoms with van der Waals surface area (Å²) in [6.45, 7) is 2.28. The minimum atomic E-state index is -0.223. The van der Waals surface area contributed by atoms with Crippen LogP contribution >= 0.6 is 15.9 Å². The van der Waals surface area contributed by atoms with Crippen LogP contribution in [-0.2, 0) is 4.79 Å². The van der Waals surface area contributed by atoms with E-state index in [-0.39, 0.29) is 24.5 Å². The van der Waals surface area contributed by atoms with Gasteiger partial charge in [-0.25, -0.2) is 0 Å². The van der Waals surface area contributed by atoms with Crippen LogP contribution in [0, 0.1) is 0 Å². The molecule has 5 heteroatoms. The largest absolute Gasteiger partial charge is 0.497 e. The second kappa shape index (κ2) is 10.2. The van der Waals surface area contributed by atoms with Crippen LogP contribution in [0.2, 0.25) is 0 Å². The number of benzene rings is 3. The molecule has 0 fully saturated rings. The molecule has 0 aromatic heterocycles. The summed E-state index contributed by atoms with van der Waals surface area (Å²) in [4.78, 5) is 12.7. The maximum Gasteiger partial charge on any atom is 0.234 e. The molecule has 0 heterocycles. The summed E-state index contributed by atoms with van der Waals surface area (Å²) < 4.78 is 6.29. The lowest BCUT2D eigenvalue weighted by molar-refractivity contribution is -0.120. The zero-order chi connectivity index (χ0) is 20.6.